The molecule has 5 heteroatoms. The fourth-order valence-corrected chi connectivity index (χ4v) is 3.49. The lowest BCUT2D eigenvalue weighted by Gasteiger charge is -2.31. The molecule has 136 valence electrons. The van der Waals surface area contributed by atoms with Crippen molar-refractivity contribution >= 4 is 17.3 Å². The Morgan fingerprint density at radius 3 is 2.80 bits per heavy atom. The SMILES string of the molecule is CCN(CC)c1ccc(NC(=O)C2CCCN(CCC#N)C2)c(C)c1. The lowest BCUT2D eigenvalue weighted by atomic mass is 9.96. The number of carbonyl (C=O) groups excluding carboxylic acids is 1. The van der Waals surface area contributed by atoms with E-state index in [4.69, 9.17) is 5.26 Å². The van der Waals surface area contributed by atoms with Gasteiger partial charge in [-0.15, -0.1) is 0 Å². The smallest absolute Gasteiger partial charge is 0.228 e. The summed E-state index contributed by atoms with van der Waals surface area (Å²) < 4.78 is 0. The normalized spacial score (nSPS) is 17.8. The summed E-state index contributed by atoms with van der Waals surface area (Å²) in [6.07, 6.45) is 2.47. The first-order chi connectivity index (χ1) is 12.1. The van der Waals surface area contributed by atoms with Crippen LogP contribution < -0.4 is 10.2 Å². The Labute approximate surface area is 151 Å². The molecule has 5 nitrogen and oxygen atoms in total. The molecule has 1 aliphatic rings. The first-order valence-electron chi connectivity index (χ1n) is 9.34. The van der Waals surface area contributed by atoms with Crippen LogP contribution in [0.1, 0.15) is 38.7 Å². The minimum atomic E-state index is 0.00861. The lowest BCUT2D eigenvalue weighted by Crippen LogP contribution is -2.41. The maximum Gasteiger partial charge on any atom is 0.228 e. The number of likely N-dealkylation sites (tertiary alicyclic amines) is 1. The van der Waals surface area contributed by atoms with Gasteiger partial charge in [0.05, 0.1) is 12.0 Å². The van der Waals surface area contributed by atoms with Crippen LogP contribution in [0.15, 0.2) is 18.2 Å². The van der Waals surface area contributed by atoms with Crippen LogP contribution in [0.2, 0.25) is 0 Å². The molecule has 1 aliphatic heterocycles. The van der Waals surface area contributed by atoms with Crippen LogP contribution in [-0.4, -0.2) is 43.5 Å². The van der Waals surface area contributed by atoms with Crippen molar-refractivity contribution in [2.24, 2.45) is 5.92 Å². The molecule has 0 bridgehead atoms. The Morgan fingerprint density at radius 1 is 1.40 bits per heavy atom. The van der Waals surface area contributed by atoms with Gasteiger partial charge in [-0.1, -0.05) is 0 Å². The molecule has 1 atom stereocenters. The molecule has 1 N–H and O–H groups in total. The van der Waals surface area contributed by atoms with Crippen LogP contribution in [0.3, 0.4) is 0 Å². The number of carbonyl (C=O) groups is 1. The van der Waals surface area contributed by atoms with Crippen molar-refractivity contribution in [2.45, 2.75) is 40.0 Å². The van der Waals surface area contributed by atoms with Crippen molar-refractivity contribution in [1.29, 1.82) is 5.26 Å². The average Bonchev–Trinajstić information content (AvgIpc) is 2.63. The summed E-state index contributed by atoms with van der Waals surface area (Å²) in [7, 11) is 0. The summed E-state index contributed by atoms with van der Waals surface area (Å²) in [6.45, 7) is 10.8. The van der Waals surface area contributed by atoms with E-state index in [9.17, 15) is 4.79 Å². The quantitative estimate of drug-likeness (QED) is 0.825. The number of hydrogen-bond donors (Lipinski definition) is 1. The highest BCUT2D eigenvalue weighted by Crippen LogP contribution is 2.24. The van der Waals surface area contributed by atoms with Crippen molar-refractivity contribution in [3.8, 4) is 6.07 Å². The van der Waals surface area contributed by atoms with Gasteiger partial charge < -0.3 is 15.1 Å². The molecule has 2 rings (SSSR count). The van der Waals surface area contributed by atoms with Crippen LogP contribution >= 0.6 is 0 Å². The molecular weight excluding hydrogens is 312 g/mol. The highest BCUT2D eigenvalue weighted by Gasteiger charge is 2.25. The number of hydrogen-bond acceptors (Lipinski definition) is 4. The zero-order chi connectivity index (χ0) is 18.2. The van der Waals surface area contributed by atoms with Crippen molar-refractivity contribution < 1.29 is 4.79 Å². The number of nitrogens with one attached hydrogen (secondary N) is 1. The van der Waals surface area contributed by atoms with Gasteiger partial charge in [-0.2, -0.15) is 5.26 Å². The molecule has 1 heterocycles. The minimum Gasteiger partial charge on any atom is -0.372 e. The Balaban J connectivity index is 1.99. The first-order valence-corrected chi connectivity index (χ1v) is 9.34. The third-order valence-electron chi connectivity index (χ3n) is 5.01. The molecule has 0 saturated carbocycles. The number of amides is 1. The van der Waals surface area contributed by atoms with Gasteiger partial charge in [0.25, 0.3) is 0 Å². The highest BCUT2D eigenvalue weighted by molar-refractivity contribution is 5.93. The van der Waals surface area contributed by atoms with Gasteiger partial charge in [-0.25, -0.2) is 0 Å². The summed E-state index contributed by atoms with van der Waals surface area (Å²) in [4.78, 5) is 17.2. The van der Waals surface area contributed by atoms with Gasteiger partial charge in [-0.05, 0) is 63.9 Å². The molecule has 0 aromatic heterocycles. The van der Waals surface area contributed by atoms with Gasteiger partial charge in [0.1, 0.15) is 0 Å². The summed E-state index contributed by atoms with van der Waals surface area (Å²) in [5.74, 6) is 0.106. The lowest BCUT2D eigenvalue weighted by molar-refractivity contribution is -0.121. The standard InChI is InChI=1S/C20H30N4O/c1-4-24(5-2)18-9-10-19(16(3)14-18)22-20(25)17-8-6-12-23(15-17)13-7-11-21/h9-10,14,17H,4-8,12-13,15H2,1-3H3,(H,22,25). The third-order valence-corrected chi connectivity index (χ3v) is 5.01. The first kappa shape index (κ1) is 19.3. The predicted octanol–water partition coefficient (Wildman–Crippen LogP) is 3.41. The third kappa shape index (κ3) is 5.20. The van der Waals surface area contributed by atoms with E-state index >= 15 is 0 Å². The molecule has 1 saturated heterocycles. The van der Waals surface area contributed by atoms with Gasteiger partial charge in [0.2, 0.25) is 5.91 Å². The Hall–Kier alpha value is -2.06. The van der Waals surface area contributed by atoms with E-state index in [1.165, 1.54) is 5.69 Å². The van der Waals surface area contributed by atoms with E-state index < -0.39 is 0 Å². The second-order valence-electron chi connectivity index (χ2n) is 6.71. The molecule has 25 heavy (non-hydrogen) atoms. The molecule has 1 fully saturated rings. The minimum absolute atomic E-state index is 0.00861. The molecule has 1 aromatic carbocycles. The van der Waals surface area contributed by atoms with E-state index in [1.54, 1.807) is 0 Å². The van der Waals surface area contributed by atoms with Crippen LogP contribution in [0.25, 0.3) is 0 Å². The predicted molar refractivity (Wildman–Crippen MR) is 103 cm³/mol. The molecule has 1 amide bonds. The summed E-state index contributed by atoms with van der Waals surface area (Å²) in [5.41, 5.74) is 3.19. The summed E-state index contributed by atoms with van der Waals surface area (Å²) in [5, 5.41) is 11.8. The Bertz CT molecular complexity index is 619. The number of anilines is 2. The number of rotatable bonds is 7. The molecular formula is C20H30N4O. The average molecular weight is 342 g/mol. The van der Waals surface area contributed by atoms with E-state index in [0.717, 1.165) is 56.8 Å². The number of piperidine rings is 1. The van der Waals surface area contributed by atoms with Gasteiger partial charge in [0.15, 0.2) is 0 Å². The van der Waals surface area contributed by atoms with Gasteiger partial charge in [0, 0.05) is 44.0 Å². The molecule has 1 aromatic rings. The van der Waals surface area contributed by atoms with E-state index in [0.29, 0.717) is 6.42 Å². The molecule has 1 unspecified atom stereocenters. The number of benzene rings is 1. The van der Waals surface area contributed by atoms with Crippen LogP contribution in [-0.2, 0) is 4.79 Å². The van der Waals surface area contributed by atoms with Gasteiger partial charge in [-0.3, -0.25) is 4.79 Å². The maximum absolute atomic E-state index is 12.7. The van der Waals surface area contributed by atoms with Crippen molar-refractivity contribution in [3.05, 3.63) is 23.8 Å². The fraction of sp³-hybridized carbons (Fsp3) is 0.600. The zero-order valence-electron chi connectivity index (χ0n) is 15.7. The fourth-order valence-electron chi connectivity index (χ4n) is 3.49. The van der Waals surface area contributed by atoms with Crippen LogP contribution in [0.5, 0.6) is 0 Å². The van der Waals surface area contributed by atoms with Crippen molar-refractivity contribution in [1.82, 2.24) is 4.90 Å². The molecule has 0 spiro atoms. The molecule has 0 radical (unpaired) electrons. The highest BCUT2D eigenvalue weighted by atomic mass is 16.1. The monoisotopic (exact) mass is 342 g/mol. The number of nitriles is 1. The number of aryl methyl sites for hydroxylation is 1. The topological polar surface area (TPSA) is 59.4 Å². The second kappa shape index (κ2) is 9.43. The van der Waals surface area contributed by atoms with Crippen LogP contribution in [0.4, 0.5) is 11.4 Å². The Kier molecular flexibility index (Phi) is 7.27. The largest absolute Gasteiger partial charge is 0.372 e. The Morgan fingerprint density at radius 2 is 2.16 bits per heavy atom. The van der Waals surface area contributed by atoms with E-state index in [1.807, 2.05) is 13.0 Å². The summed E-state index contributed by atoms with van der Waals surface area (Å²) in [6, 6.07) is 8.42. The van der Waals surface area contributed by atoms with E-state index in [2.05, 4.69) is 47.2 Å². The van der Waals surface area contributed by atoms with Crippen LogP contribution in [0, 0.1) is 24.2 Å². The zero-order valence-corrected chi connectivity index (χ0v) is 15.7. The second-order valence-corrected chi connectivity index (χ2v) is 6.71. The maximum atomic E-state index is 12.7. The van der Waals surface area contributed by atoms with E-state index in [-0.39, 0.29) is 11.8 Å². The van der Waals surface area contributed by atoms with Gasteiger partial charge >= 0.3 is 0 Å². The molecule has 0 aliphatic carbocycles. The van der Waals surface area contributed by atoms with Crippen molar-refractivity contribution in [2.75, 3.05) is 42.9 Å². The van der Waals surface area contributed by atoms with Crippen molar-refractivity contribution in [3.63, 3.8) is 0 Å². The summed E-state index contributed by atoms with van der Waals surface area (Å²) >= 11 is 0. The number of nitrogens with zero attached hydrogens (tertiary/aromatic N) is 3.